The predicted molar refractivity (Wildman–Crippen MR) is 70.1 cm³/mol. The molecule has 0 saturated carbocycles. The van der Waals surface area contributed by atoms with Gasteiger partial charge in [-0.1, -0.05) is 19.1 Å². The van der Waals surface area contributed by atoms with Crippen LogP contribution in [0.5, 0.6) is 5.75 Å². The van der Waals surface area contributed by atoms with Crippen LogP contribution < -0.4 is 5.32 Å². The molecule has 0 amide bonds. The number of hydrogen-bond donors (Lipinski definition) is 2. The van der Waals surface area contributed by atoms with E-state index >= 15 is 0 Å². The first-order valence-electron chi connectivity index (χ1n) is 6.52. The molecule has 1 aromatic carbocycles. The topological polar surface area (TPSA) is 35.5 Å². The van der Waals surface area contributed by atoms with Crippen LogP contribution in [0.4, 0.5) is 0 Å². The molecule has 1 aliphatic heterocycles. The Kier molecular flexibility index (Phi) is 4.40. The van der Waals surface area contributed by atoms with Gasteiger partial charge in [0.15, 0.2) is 0 Å². The lowest BCUT2D eigenvalue weighted by Gasteiger charge is -2.23. The first-order chi connectivity index (χ1) is 8.29. The molecule has 17 heavy (non-hydrogen) atoms. The minimum atomic E-state index is 0.348. The van der Waals surface area contributed by atoms with Gasteiger partial charge in [-0.05, 0) is 43.6 Å². The fourth-order valence-electron chi connectivity index (χ4n) is 2.59. The van der Waals surface area contributed by atoms with Crippen molar-refractivity contribution in [3.8, 4) is 5.75 Å². The fourth-order valence-corrected chi connectivity index (χ4v) is 2.59. The van der Waals surface area contributed by atoms with Crippen molar-refractivity contribution >= 4 is 0 Å². The van der Waals surface area contributed by atoms with Gasteiger partial charge in [-0.15, -0.1) is 0 Å². The summed E-state index contributed by atoms with van der Waals surface area (Å²) in [5.74, 6) is 0.348. The summed E-state index contributed by atoms with van der Waals surface area (Å²) in [7, 11) is 0. The maximum atomic E-state index is 9.37. The number of likely N-dealkylation sites (N-methyl/N-ethyl adjacent to an activating group) is 1. The molecule has 0 radical (unpaired) electrons. The van der Waals surface area contributed by atoms with E-state index in [4.69, 9.17) is 0 Å². The first kappa shape index (κ1) is 12.4. The Morgan fingerprint density at radius 2 is 2.35 bits per heavy atom. The van der Waals surface area contributed by atoms with E-state index in [1.54, 1.807) is 6.07 Å². The zero-order chi connectivity index (χ0) is 12.1. The third-order valence-corrected chi connectivity index (χ3v) is 3.52. The molecule has 2 rings (SSSR count). The van der Waals surface area contributed by atoms with Gasteiger partial charge in [0.1, 0.15) is 5.75 Å². The second-order valence-corrected chi connectivity index (χ2v) is 4.73. The molecule has 1 aliphatic rings. The molecule has 1 aromatic rings. The van der Waals surface area contributed by atoms with Gasteiger partial charge in [-0.3, -0.25) is 4.90 Å². The molecule has 3 heteroatoms. The maximum Gasteiger partial charge on any atom is 0.115 e. The number of nitrogens with zero attached hydrogens (tertiary/aromatic N) is 1. The fraction of sp³-hybridized carbons (Fsp3) is 0.571. The molecule has 2 N–H and O–H groups in total. The molecule has 0 aromatic heterocycles. The largest absolute Gasteiger partial charge is 0.508 e. The number of aromatic hydroxyl groups is 1. The predicted octanol–water partition coefficient (Wildman–Crippen LogP) is 1.97. The molecule has 1 saturated heterocycles. The van der Waals surface area contributed by atoms with Crippen molar-refractivity contribution in [2.75, 3.05) is 19.6 Å². The zero-order valence-corrected chi connectivity index (χ0v) is 10.5. The van der Waals surface area contributed by atoms with Crippen molar-refractivity contribution in [2.24, 2.45) is 0 Å². The van der Waals surface area contributed by atoms with Crippen molar-refractivity contribution in [1.29, 1.82) is 0 Å². The number of nitrogens with one attached hydrogen (secondary N) is 1. The van der Waals surface area contributed by atoms with E-state index in [0.717, 1.165) is 25.2 Å². The van der Waals surface area contributed by atoms with Crippen LogP contribution in [0.3, 0.4) is 0 Å². The lowest BCUT2D eigenvalue weighted by atomic mass is 10.2. The summed E-state index contributed by atoms with van der Waals surface area (Å²) >= 11 is 0. The van der Waals surface area contributed by atoms with E-state index in [-0.39, 0.29) is 0 Å². The second-order valence-electron chi connectivity index (χ2n) is 4.73. The number of rotatable bonds is 5. The average Bonchev–Trinajstić information content (AvgIpc) is 2.77. The summed E-state index contributed by atoms with van der Waals surface area (Å²) in [4.78, 5) is 2.54. The molecular weight excluding hydrogens is 212 g/mol. The van der Waals surface area contributed by atoms with Gasteiger partial charge >= 0.3 is 0 Å². The normalized spacial score (nSPS) is 20.9. The van der Waals surface area contributed by atoms with Gasteiger partial charge in [-0.2, -0.15) is 0 Å². The SMILES string of the molecule is CCN1CCCC1CNCc1cccc(O)c1. The van der Waals surface area contributed by atoms with Crippen LogP contribution in [-0.4, -0.2) is 35.7 Å². The van der Waals surface area contributed by atoms with Crippen LogP contribution in [0, 0.1) is 0 Å². The van der Waals surface area contributed by atoms with Gasteiger partial charge in [0.05, 0.1) is 0 Å². The Balaban J connectivity index is 1.76. The van der Waals surface area contributed by atoms with E-state index in [1.807, 2.05) is 18.2 Å². The van der Waals surface area contributed by atoms with Crippen molar-refractivity contribution in [1.82, 2.24) is 10.2 Å². The molecule has 0 aliphatic carbocycles. The summed E-state index contributed by atoms with van der Waals surface area (Å²) < 4.78 is 0. The van der Waals surface area contributed by atoms with Crippen molar-refractivity contribution < 1.29 is 5.11 Å². The van der Waals surface area contributed by atoms with Crippen LogP contribution in [0.2, 0.25) is 0 Å². The van der Waals surface area contributed by atoms with Crippen LogP contribution in [0.1, 0.15) is 25.3 Å². The van der Waals surface area contributed by atoms with Gasteiger partial charge < -0.3 is 10.4 Å². The number of phenolic OH excluding ortho intramolecular Hbond substituents is 1. The molecule has 0 spiro atoms. The van der Waals surface area contributed by atoms with Crippen molar-refractivity contribution in [2.45, 2.75) is 32.4 Å². The number of likely N-dealkylation sites (tertiary alicyclic amines) is 1. The highest BCUT2D eigenvalue weighted by Crippen LogP contribution is 2.16. The second kappa shape index (κ2) is 6.03. The summed E-state index contributed by atoms with van der Waals surface area (Å²) in [6, 6.07) is 8.15. The first-order valence-corrected chi connectivity index (χ1v) is 6.52. The van der Waals surface area contributed by atoms with Crippen LogP contribution in [-0.2, 0) is 6.54 Å². The minimum absolute atomic E-state index is 0.348. The van der Waals surface area contributed by atoms with E-state index in [2.05, 4.69) is 17.1 Å². The summed E-state index contributed by atoms with van der Waals surface area (Å²) in [5.41, 5.74) is 1.14. The Morgan fingerprint density at radius 3 is 3.12 bits per heavy atom. The van der Waals surface area contributed by atoms with Gasteiger partial charge in [0.25, 0.3) is 0 Å². The highest BCUT2D eigenvalue weighted by molar-refractivity contribution is 5.26. The number of phenols is 1. The average molecular weight is 234 g/mol. The minimum Gasteiger partial charge on any atom is -0.508 e. The van der Waals surface area contributed by atoms with Crippen LogP contribution in [0.25, 0.3) is 0 Å². The molecule has 94 valence electrons. The van der Waals surface area contributed by atoms with E-state index in [0.29, 0.717) is 11.8 Å². The zero-order valence-electron chi connectivity index (χ0n) is 10.5. The summed E-state index contributed by atoms with van der Waals surface area (Å²) in [5, 5.41) is 12.9. The van der Waals surface area contributed by atoms with Crippen molar-refractivity contribution in [3.63, 3.8) is 0 Å². The molecule has 1 heterocycles. The number of benzene rings is 1. The highest BCUT2D eigenvalue weighted by atomic mass is 16.3. The molecule has 0 bridgehead atoms. The Hall–Kier alpha value is -1.06. The van der Waals surface area contributed by atoms with Gasteiger partial charge in [0, 0.05) is 19.1 Å². The standard InChI is InChI=1S/C14H22N2O/c1-2-16-8-4-6-13(16)11-15-10-12-5-3-7-14(17)9-12/h3,5,7,9,13,15,17H,2,4,6,8,10-11H2,1H3. The quantitative estimate of drug-likeness (QED) is 0.817. The third kappa shape index (κ3) is 3.45. The highest BCUT2D eigenvalue weighted by Gasteiger charge is 2.21. The third-order valence-electron chi connectivity index (χ3n) is 3.52. The van der Waals surface area contributed by atoms with E-state index in [9.17, 15) is 5.11 Å². The molecular formula is C14H22N2O. The lowest BCUT2D eigenvalue weighted by Crippen LogP contribution is -2.37. The molecule has 1 fully saturated rings. The molecule has 1 atom stereocenters. The summed E-state index contributed by atoms with van der Waals surface area (Å²) in [6.07, 6.45) is 2.63. The van der Waals surface area contributed by atoms with Crippen LogP contribution in [0.15, 0.2) is 24.3 Å². The van der Waals surface area contributed by atoms with Crippen LogP contribution >= 0.6 is 0 Å². The van der Waals surface area contributed by atoms with Gasteiger partial charge in [-0.25, -0.2) is 0 Å². The lowest BCUT2D eigenvalue weighted by molar-refractivity contribution is 0.260. The Morgan fingerprint density at radius 1 is 1.47 bits per heavy atom. The van der Waals surface area contributed by atoms with E-state index < -0.39 is 0 Å². The number of hydrogen-bond acceptors (Lipinski definition) is 3. The smallest absolute Gasteiger partial charge is 0.115 e. The molecule has 1 unspecified atom stereocenters. The van der Waals surface area contributed by atoms with Gasteiger partial charge in [0.2, 0.25) is 0 Å². The monoisotopic (exact) mass is 234 g/mol. The van der Waals surface area contributed by atoms with Crippen molar-refractivity contribution in [3.05, 3.63) is 29.8 Å². The summed E-state index contributed by atoms with van der Waals surface area (Å²) in [6.45, 7) is 6.51. The Bertz CT molecular complexity index is 354. The maximum absolute atomic E-state index is 9.37. The van der Waals surface area contributed by atoms with E-state index in [1.165, 1.54) is 19.4 Å². The molecule has 3 nitrogen and oxygen atoms in total. The Labute approximate surface area is 103 Å².